The lowest BCUT2D eigenvalue weighted by Gasteiger charge is -2.15. The Labute approximate surface area is 127 Å². The summed E-state index contributed by atoms with van der Waals surface area (Å²) >= 11 is 3.15. The minimum absolute atomic E-state index is 0.275. The van der Waals surface area contributed by atoms with Crippen molar-refractivity contribution in [1.29, 1.82) is 0 Å². The highest BCUT2D eigenvalue weighted by molar-refractivity contribution is 8.01. The summed E-state index contributed by atoms with van der Waals surface area (Å²) in [5, 5.41) is 13.7. The van der Waals surface area contributed by atoms with Gasteiger partial charge in [0, 0.05) is 31.9 Å². The summed E-state index contributed by atoms with van der Waals surface area (Å²) in [4.78, 5) is 6.44. The van der Waals surface area contributed by atoms with E-state index in [4.69, 9.17) is 0 Å². The van der Waals surface area contributed by atoms with Crippen molar-refractivity contribution in [3.63, 3.8) is 0 Å². The molecular weight excluding hydrogens is 290 g/mol. The lowest BCUT2D eigenvalue weighted by Crippen LogP contribution is -2.18. The summed E-state index contributed by atoms with van der Waals surface area (Å²) in [5.41, 5.74) is 1.20. The van der Waals surface area contributed by atoms with Gasteiger partial charge in [-0.3, -0.25) is 0 Å². The fourth-order valence-corrected chi connectivity index (χ4v) is 3.59. The SMILES string of the molecule is CCNC(C)c1cccnc1Sc1nnc(N(C)C)s1. The molecule has 7 heteroatoms. The Hall–Kier alpha value is -1.18. The molecule has 0 amide bonds. The van der Waals surface area contributed by atoms with Crippen LogP contribution in [0.3, 0.4) is 0 Å². The molecule has 0 aromatic carbocycles. The summed E-state index contributed by atoms with van der Waals surface area (Å²) in [7, 11) is 3.93. The predicted molar refractivity (Wildman–Crippen MR) is 84.7 cm³/mol. The molecule has 0 aliphatic rings. The van der Waals surface area contributed by atoms with Crippen LogP contribution in [0.15, 0.2) is 27.7 Å². The van der Waals surface area contributed by atoms with Crippen LogP contribution in [0, 0.1) is 0 Å². The van der Waals surface area contributed by atoms with Crippen molar-refractivity contribution in [2.45, 2.75) is 29.3 Å². The molecule has 5 nitrogen and oxygen atoms in total. The summed E-state index contributed by atoms with van der Waals surface area (Å²) in [6.45, 7) is 5.19. The van der Waals surface area contributed by atoms with Gasteiger partial charge in [-0.2, -0.15) is 0 Å². The van der Waals surface area contributed by atoms with Crippen molar-refractivity contribution >= 4 is 28.2 Å². The van der Waals surface area contributed by atoms with Crippen LogP contribution in [0.2, 0.25) is 0 Å². The molecule has 0 fully saturated rings. The summed E-state index contributed by atoms with van der Waals surface area (Å²) in [6.07, 6.45) is 1.82. The van der Waals surface area contributed by atoms with Gasteiger partial charge < -0.3 is 10.2 Å². The Morgan fingerprint density at radius 3 is 2.85 bits per heavy atom. The number of pyridine rings is 1. The number of rotatable bonds is 6. The molecule has 0 radical (unpaired) electrons. The maximum Gasteiger partial charge on any atom is 0.208 e. The van der Waals surface area contributed by atoms with Gasteiger partial charge in [0.2, 0.25) is 5.13 Å². The molecule has 1 N–H and O–H groups in total. The van der Waals surface area contributed by atoms with Crippen molar-refractivity contribution < 1.29 is 0 Å². The topological polar surface area (TPSA) is 53.9 Å². The molecule has 1 unspecified atom stereocenters. The lowest BCUT2D eigenvalue weighted by molar-refractivity contribution is 0.585. The van der Waals surface area contributed by atoms with E-state index in [1.807, 2.05) is 31.3 Å². The van der Waals surface area contributed by atoms with Gasteiger partial charge in [-0.25, -0.2) is 4.98 Å². The zero-order valence-electron chi connectivity index (χ0n) is 12.1. The monoisotopic (exact) mass is 309 g/mol. The van der Waals surface area contributed by atoms with E-state index in [-0.39, 0.29) is 6.04 Å². The third kappa shape index (κ3) is 3.68. The number of aromatic nitrogens is 3. The molecule has 108 valence electrons. The summed E-state index contributed by atoms with van der Waals surface area (Å²) in [5.74, 6) is 0. The molecule has 0 aliphatic carbocycles. The lowest BCUT2D eigenvalue weighted by atomic mass is 10.1. The number of hydrogen-bond acceptors (Lipinski definition) is 7. The van der Waals surface area contributed by atoms with Gasteiger partial charge in [-0.1, -0.05) is 24.3 Å². The van der Waals surface area contributed by atoms with Gasteiger partial charge in [0.25, 0.3) is 0 Å². The predicted octanol–water partition coefficient (Wildman–Crippen LogP) is 2.82. The fourth-order valence-electron chi connectivity index (χ4n) is 1.74. The molecule has 0 saturated heterocycles. The molecule has 2 aromatic heterocycles. The van der Waals surface area contributed by atoms with Crippen LogP contribution >= 0.6 is 23.1 Å². The second-order valence-corrected chi connectivity index (χ2v) is 6.72. The van der Waals surface area contributed by atoms with Crippen molar-refractivity contribution in [2.75, 3.05) is 25.5 Å². The zero-order valence-corrected chi connectivity index (χ0v) is 13.8. The van der Waals surface area contributed by atoms with Crippen molar-refractivity contribution in [1.82, 2.24) is 20.5 Å². The average Bonchev–Trinajstić information content (AvgIpc) is 2.88. The first-order chi connectivity index (χ1) is 9.61. The standard InChI is InChI=1S/C13H19N5S2/c1-5-14-9(2)10-7-6-8-15-11(10)19-13-17-16-12(20-13)18(3)4/h6-9,14H,5H2,1-4H3. The first-order valence-corrected chi connectivity index (χ1v) is 8.12. The number of nitrogens with zero attached hydrogens (tertiary/aromatic N) is 4. The van der Waals surface area contributed by atoms with Gasteiger partial charge in [-0.05, 0) is 31.3 Å². The Kier molecular flexibility index (Phi) is 5.33. The van der Waals surface area contributed by atoms with E-state index in [0.29, 0.717) is 0 Å². The third-order valence-electron chi connectivity index (χ3n) is 2.74. The smallest absolute Gasteiger partial charge is 0.208 e. The van der Waals surface area contributed by atoms with Crippen LogP contribution < -0.4 is 10.2 Å². The van der Waals surface area contributed by atoms with Crippen molar-refractivity contribution in [2.24, 2.45) is 0 Å². The normalized spacial score (nSPS) is 12.4. The fraction of sp³-hybridized carbons (Fsp3) is 0.462. The van der Waals surface area contributed by atoms with Crippen LogP contribution in [-0.4, -0.2) is 35.8 Å². The highest BCUT2D eigenvalue weighted by atomic mass is 32.2. The van der Waals surface area contributed by atoms with Crippen LogP contribution in [0.1, 0.15) is 25.5 Å². The van der Waals surface area contributed by atoms with Crippen LogP contribution in [0.4, 0.5) is 5.13 Å². The van der Waals surface area contributed by atoms with Crippen LogP contribution in [-0.2, 0) is 0 Å². The first-order valence-electron chi connectivity index (χ1n) is 6.48. The minimum Gasteiger partial charge on any atom is -0.353 e. The molecule has 2 rings (SSSR count). The molecule has 2 heterocycles. The van der Waals surface area contributed by atoms with E-state index in [2.05, 4.69) is 40.4 Å². The summed E-state index contributed by atoms with van der Waals surface area (Å²) in [6, 6.07) is 4.35. The molecule has 0 spiro atoms. The Morgan fingerprint density at radius 2 is 2.20 bits per heavy atom. The van der Waals surface area contributed by atoms with Gasteiger partial charge in [-0.15, -0.1) is 10.2 Å². The molecule has 0 aliphatic heterocycles. The maximum absolute atomic E-state index is 4.48. The van der Waals surface area contributed by atoms with Crippen LogP contribution in [0.5, 0.6) is 0 Å². The number of anilines is 1. The van der Waals surface area contributed by atoms with E-state index in [9.17, 15) is 0 Å². The van der Waals surface area contributed by atoms with E-state index < -0.39 is 0 Å². The third-order valence-corrected chi connectivity index (χ3v) is 4.92. The highest BCUT2D eigenvalue weighted by Gasteiger charge is 2.14. The molecule has 2 aromatic rings. The van der Waals surface area contributed by atoms with Crippen molar-refractivity contribution in [3.05, 3.63) is 23.9 Å². The molecule has 20 heavy (non-hydrogen) atoms. The van der Waals surface area contributed by atoms with Crippen molar-refractivity contribution in [3.8, 4) is 0 Å². The van der Waals surface area contributed by atoms with Crippen LogP contribution in [0.25, 0.3) is 0 Å². The number of nitrogens with one attached hydrogen (secondary N) is 1. The first kappa shape index (κ1) is 15.2. The van der Waals surface area contributed by atoms with E-state index in [1.165, 1.54) is 5.56 Å². The number of hydrogen-bond donors (Lipinski definition) is 1. The molecule has 1 atom stereocenters. The molecule has 0 saturated carbocycles. The highest BCUT2D eigenvalue weighted by Crippen LogP contribution is 2.34. The van der Waals surface area contributed by atoms with Gasteiger partial charge in [0.15, 0.2) is 4.34 Å². The summed E-state index contributed by atoms with van der Waals surface area (Å²) < 4.78 is 0.914. The second kappa shape index (κ2) is 7.01. The van der Waals surface area contributed by atoms with E-state index in [0.717, 1.165) is 21.0 Å². The van der Waals surface area contributed by atoms with E-state index in [1.54, 1.807) is 23.1 Å². The second-order valence-electron chi connectivity index (χ2n) is 4.52. The minimum atomic E-state index is 0.275. The Morgan fingerprint density at radius 1 is 1.40 bits per heavy atom. The molecule has 0 bridgehead atoms. The van der Waals surface area contributed by atoms with Gasteiger partial charge in [0.05, 0.1) is 0 Å². The molecular formula is C13H19N5S2. The largest absolute Gasteiger partial charge is 0.353 e. The maximum atomic E-state index is 4.48. The quantitative estimate of drug-likeness (QED) is 0.885. The van der Waals surface area contributed by atoms with Gasteiger partial charge >= 0.3 is 0 Å². The average molecular weight is 309 g/mol. The Bertz CT molecular complexity index is 555. The zero-order chi connectivity index (χ0) is 14.5. The Balaban J connectivity index is 2.19. The van der Waals surface area contributed by atoms with Gasteiger partial charge in [0.1, 0.15) is 5.03 Å². The van der Waals surface area contributed by atoms with E-state index >= 15 is 0 Å².